The molecule has 2 atom stereocenters. The first kappa shape index (κ1) is 33.6. The van der Waals surface area contributed by atoms with E-state index in [1.54, 1.807) is 17.9 Å². The lowest BCUT2D eigenvalue weighted by Gasteiger charge is -2.45. The molecular formula is C33H39ClF2N6O4. The van der Waals surface area contributed by atoms with Gasteiger partial charge in [-0.2, -0.15) is 15.2 Å². The molecule has 2 aliphatic heterocycles. The van der Waals surface area contributed by atoms with Crippen molar-refractivity contribution in [1.29, 1.82) is 5.26 Å². The molecule has 0 bridgehead atoms. The number of anilines is 1. The van der Waals surface area contributed by atoms with E-state index in [4.69, 9.17) is 30.8 Å². The summed E-state index contributed by atoms with van der Waals surface area (Å²) in [6, 6.07) is 5.50. The highest BCUT2D eigenvalue weighted by atomic mass is 35.5. The van der Waals surface area contributed by atoms with Gasteiger partial charge in [0.2, 0.25) is 0 Å². The number of hydrogen-bond acceptors (Lipinski definition) is 9. The van der Waals surface area contributed by atoms with Gasteiger partial charge in [-0.25, -0.2) is 13.6 Å². The van der Waals surface area contributed by atoms with Crippen LogP contribution in [0.4, 0.5) is 19.4 Å². The standard InChI is InChI=1S/C33H39ClF2N6O4/c1-19-7-8-25(35)23(16-37)26(19)27-24(34)15-22-29(28(27)36)38-31(45-14-11-40-9-12-44-13-10-40)39-30(22)41-17-21(3)42(18-20(41)2)32(43)46-33(4,5)6/h7-8,15,20-21H,9-14,17-18H2,1-6H3/t20-,21+/m0/s1. The Balaban J connectivity index is 1.59. The summed E-state index contributed by atoms with van der Waals surface area (Å²) in [6.07, 6.45) is -0.413. The summed E-state index contributed by atoms with van der Waals surface area (Å²) >= 11 is 6.75. The van der Waals surface area contributed by atoms with E-state index >= 15 is 4.39 Å². The van der Waals surface area contributed by atoms with Crippen molar-refractivity contribution in [3.8, 4) is 23.2 Å². The maximum absolute atomic E-state index is 16.7. The van der Waals surface area contributed by atoms with Gasteiger partial charge < -0.3 is 24.0 Å². The first-order chi connectivity index (χ1) is 21.8. The molecule has 1 aromatic heterocycles. The molecule has 0 radical (unpaired) electrons. The molecule has 246 valence electrons. The van der Waals surface area contributed by atoms with Gasteiger partial charge in [-0.15, -0.1) is 0 Å². The smallest absolute Gasteiger partial charge is 0.410 e. The van der Waals surface area contributed by atoms with Gasteiger partial charge >= 0.3 is 12.1 Å². The number of aryl methyl sites for hydroxylation is 1. The van der Waals surface area contributed by atoms with E-state index in [9.17, 15) is 14.4 Å². The number of rotatable bonds is 6. The number of nitriles is 1. The number of halogens is 3. The second-order valence-corrected chi connectivity index (χ2v) is 13.2. The van der Waals surface area contributed by atoms with Crippen molar-refractivity contribution in [1.82, 2.24) is 19.8 Å². The van der Waals surface area contributed by atoms with Crippen LogP contribution in [-0.2, 0) is 9.47 Å². The number of fused-ring (bicyclic) bond motifs is 1. The molecule has 46 heavy (non-hydrogen) atoms. The Morgan fingerprint density at radius 2 is 1.85 bits per heavy atom. The van der Waals surface area contributed by atoms with Crippen molar-refractivity contribution in [2.45, 2.75) is 59.2 Å². The van der Waals surface area contributed by atoms with Crippen molar-refractivity contribution < 1.29 is 27.8 Å². The molecule has 10 nitrogen and oxygen atoms in total. The lowest BCUT2D eigenvalue weighted by Crippen LogP contribution is -2.59. The Morgan fingerprint density at radius 3 is 2.52 bits per heavy atom. The topological polar surface area (TPSA) is 104 Å². The molecule has 3 aromatic rings. The Labute approximate surface area is 272 Å². The highest BCUT2D eigenvalue weighted by molar-refractivity contribution is 6.34. The Hall–Kier alpha value is -3.79. The molecule has 5 rings (SSSR count). The van der Waals surface area contributed by atoms with Crippen molar-refractivity contribution >= 4 is 34.4 Å². The summed E-state index contributed by atoms with van der Waals surface area (Å²) in [5, 5.41) is 10.1. The maximum atomic E-state index is 16.7. The molecule has 2 aromatic carbocycles. The van der Waals surface area contributed by atoms with Gasteiger partial charge in [0.25, 0.3) is 0 Å². The number of ether oxygens (including phenoxy) is 3. The summed E-state index contributed by atoms with van der Waals surface area (Å²) in [5.41, 5.74) is -0.608. The first-order valence-corrected chi connectivity index (χ1v) is 15.7. The quantitative estimate of drug-likeness (QED) is 0.318. The zero-order valence-corrected chi connectivity index (χ0v) is 27.7. The molecule has 0 spiro atoms. The molecule has 1 amide bonds. The van der Waals surface area contributed by atoms with Crippen LogP contribution in [0.5, 0.6) is 6.01 Å². The number of carbonyl (C=O) groups excluding carboxylic acids is 1. The number of amides is 1. The van der Waals surface area contributed by atoms with Gasteiger partial charge in [-0.3, -0.25) is 4.90 Å². The van der Waals surface area contributed by atoms with E-state index in [1.165, 1.54) is 12.1 Å². The fourth-order valence-corrected chi connectivity index (χ4v) is 6.16. The second-order valence-electron chi connectivity index (χ2n) is 12.8. The number of hydrogen-bond donors (Lipinski definition) is 0. The van der Waals surface area contributed by atoms with Gasteiger partial charge in [0.15, 0.2) is 5.82 Å². The molecule has 0 aliphatic carbocycles. The number of morpholine rings is 1. The lowest BCUT2D eigenvalue weighted by atomic mass is 9.93. The molecule has 2 fully saturated rings. The third-order valence-corrected chi connectivity index (χ3v) is 8.49. The number of nitrogens with zero attached hydrogens (tertiary/aromatic N) is 6. The number of piperazine rings is 1. The largest absolute Gasteiger partial charge is 0.462 e. The van der Waals surface area contributed by atoms with Crippen molar-refractivity contribution in [3.63, 3.8) is 0 Å². The van der Waals surface area contributed by atoms with Crippen molar-refractivity contribution in [3.05, 3.63) is 46.0 Å². The zero-order valence-electron chi connectivity index (χ0n) is 27.0. The molecule has 0 N–H and O–H groups in total. The number of carbonyl (C=O) groups is 1. The molecule has 13 heteroatoms. The first-order valence-electron chi connectivity index (χ1n) is 15.4. The van der Waals surface area contributed by atoms with Gasteiger partial charge in [-0.1, -0.05) is 17.7 Å². The van der Waals surface area contributed by atoms with E-state index < -0.39 is 23.3 Å². The number of aromatic nitrogens is 2. The molecular weight excluding hydrogens is 618 g/mol. The van der Waals surface area contributed by atoms with E-state index in [0.29, 0.717) is 49.6 Å². The fourth-order valence-electron chi connectivity index (χ4n) is 5.87. The second kappa shape index (κ2) is 13.5. The fraction of sp³-hybridized carbons (Fsp3) is 0.515. The van der Waals surface area contributed by atoms with Gasteiger partial charge in [0, 0.05) is 61.3 Å². The highest BCUT2D eigenvalue weighted by Crippen LogP contribution is 2.42. The molecule has 2 aliphatic rings. The third-order valence-electron chi connectivity index (χ3n) is 8.20. The van der Waals surface area contributed by atoms with E-state index in [-0.39, 0.29) is 51.9 Å². The Bertz CT molecular complexity index is 1670. The van der Waals surface area contributed by atoms with Crippen LogP contribution in [0.3, 0.4) is 0 Å². The maximum Gasteiger partial charge on any atom is 0.410 e. The minimum absolute atomic E-state index is 0.0193. The van der Waals surface area contributed by atoms with Crippen LogP contribution in [0.1, 0.15) is 45.7 Å². The monoisotopic (exact) mass is 656 g/mol. The van der Waals surface area contributed by atoms with Crippen LogP contribution < -0.4 is 9.64 Å². The van der Waals surface area contributed by atoms with Gasteiger partial charge in [0.05, 0.1) is 23.8 Å². The van der Waals surface area contributed by atoms with Crippen LogP contribution in [0.2, 0.25) is 5.02 Å². The Morgan fingerprint density at radius 1 is 1.13 bits per heavy atom. The predicted molar refractivity (Wildman–Crippen MR) is 171 cm³/mol. The normalized spacial score (nSPS) is 19.3. The average Bonchev–Trinajstić information content (AvgIpc) is 2.99. The van der Waals surface area contributed by atoms with Crippen molar-refractivity contribution in [2.24, 2.45) is 0 Å². The van der Waals surface area contributed by atoms with E-state index in [0.717, 1.165) is 13.1 Å². The summed E-state index contributed by atoms with van der Waals surface area (Å²) in [7, 11) is 0. The summed E-state index contributed by atoms with van der Waals surface area (Å²) < 4.78 is 48.5. The third kappa shape index (κ3) is 6.97. The van der Waals surface area contributed by atoms with Crippen LogP contribution in [0.15, 0.2) is 18.2 Å². The highest BCUT2D eigenvalue weighted by Gasteiger charge is 2.36. The molecule has 3 heterocycles. The number of benzene rings is 2. The Kier molecular flexibility index (Phi) is 9.86. The van der Waals surface area contributed by atoms with Gasteiger partial charge in [0.1, 0.15) is 35.4 Å². The molecule has 0 saturated carbocycles. The molecule has 2 saturated heterocycles. The lowest BCUT2D eigenvalue weighted by molar-refractivity contribution is 0.0129. The van der Waals surface area contributed by atoms with E-state index in [2.05, 4.69) is 9.88 Å². The van der Waals surface area contributed by atoms with E-state index in [1.807, 2.05) is 45.6 Å². The van der Waals surface area contributed by atoms with Crippen molar-refractivity contribution in [2.75, 3.05) is 57.4 Å². The minimum Gasteiger partial charge on any atom is -0.462 e. The zero-order chi connectivity index (χ0) is 33.3. The predicted octanol–water partition coefficient (Wildman–Crippen LogP) is 5.95. The van der Waals surface area contributed by atoms with Crippen LogP contribution in [-0.4, -0.2) is 96.1 Å². The summed E-state index contributed by atoms with van der Waals surface area (Å²) in [5.74, 6) is -1.21. The molecule has 0 unspecified atom stereocenters. The summed E-state index contributed by atoms with van der Waals surface area (Å²) in [4.78, 5) is 28.1. The van der Waals surface area contributed by atoms with Crippen LogP contribution in [0.25, 0.3) is 22.0 Å². The van der Waals surface area contributed by atoms with Crippen LogP contribution >= 0.6 is 11.6 Å². The van der Waals surface area contributed by atoms with Gasteiger partial charge in [-0.05, 0) is 59.2 Å². The van der Waals surface area contributed by atoms with Crippen LogP contribution in [0, 0.1) is 29.9 Å². The minimum atomic E-state index is -0.817. The summed E-state index contributed by atoms with van der Waals surface area (Å²) in [6.45, 7) is 15.4. The SMILES string of the molecule is Cc1ccc(F)c(C#N)c1-c1c(Cl)cc2c(N3C[C@@H](C)N(C(=O)OC(C)(C)C)C[C@@H]3C)nc(OCCN3CCOCC3)nc2c1F. The average molecular weight is 657 g/mol.